The number of hydrogen-bond donors (Lipinski definition) is 0. The predicted molar refractivity (Wildman–Crippen MR) is 85.6 cm³/mol. The average molecular weight is 274 g/mol. The van der Waals surface area contributed by atoms with Crippen molar-refractivity contribution < 1.29 is 0 Å². The first-order valence-corrected chi connectivity index (χ1v) is 9.30. The van der Waals surface area contributed by atoms with Gasteiger partial charge in [0.2, 0.25) is 0 Å². The number of fused-ring (bicyclic) bond motifs is 3. The lowest BCUT2D eigenvalue weighted by atomic mass is 9.40. The molecular weight excluding hydrogens is 240 g/mol. The van der Waals surface area contributed by atoms with Gasteiger partial charge in [-0.05, 0) is 91.3 Å². The predicted octanol–water partition coefficient (Wildman–Crippen LogP) is 6.20. The van der Waals surface area contributed by atoms with Crippen molar-refractivity contribution in [1.29, 1.82) is 0 Å². The van der Waals surface area contributed by atoms with Crippen LogP contribution in [-0.2, 0) is 0 Å². The van der Waals surface area contributed by atoms with E-state index < -0.39 is 0 Å². The van der Waals surface area contributed by atoms with Gasteiger partial charge in [0.05, 0.1) is 0 Å². The van der Waals surface area contributed by atoms with Gasteiger partial charge in [-0.3, -0.25) is 0 Å². The van der Waals surface area contributed by atoms with Gasteiger partial charge in [-0.2, -0.15) is 0 Å². The molecule has 20 heavy (non-hydrogen) atoms. The Morgan fingerprint density at radius 1 is 0.700 bits per heavy atom. The third-order valence-electron chi connectivity index (χ3n) is 8.78. The Morgan fingerprint density at radius 3 is 2.25 bits per heavy atom. The van der Waals surface area contributed by atoms with Gasteiger partial charge in [-0.15, -0.1) is 0 Å². The molecule has 0 aromatic rings. The summed E-state index contributed by atoms with van der Waals surface area (Å²) < 4.78 is 0. The van der Waals surface area contributed by atoms with Crippen LogP contribution in [0.25, 0.3) is 0 Å². The second kappa shape index (κ2) is 3.85. The van der Waals surface area contributed by atoms with E-state index in [-0.39, 0.29) is 0 Å². The summed E-state index contributed by atoms with van der Waals surface area (Å²) in [6.07, 6.45) is 15.4. The van der Waals surface area contributed by atoms with E-state index in [1.54, 1.807) is 25.7 Å². The van der Waals surface area contributed by atoms with E-state index >= 15 is 0 Å². The molecule has 0 unspecified atom stereocenters. The first-order chi connectivity index (χ1) is 9.30. The highest BCUT2D eigenvalue weighted by molar-refractivity contribution is 5.13. The Balaban J connectivity index is 1.73. The molecule has 2 bridgehead atoms. The van der Waals surface area contributed by atoms with Crippen LogP contribution < -0.4 is 0 Å². The van der Waals surface area contributed by atoms with Crippen LogP contribution in [0.15, 0.2) is 0 Å². The Labute approximate surface area is 126 Å². The second-order valence-electron chi connectivity index (χ2n) is 10.4. The third kappa shape index (κ3) is 1.60. The fourth-order valence-corrected chi connectivity index (χ4v) is 8.04. The summed E-state index contributed by atoms with van der Waals surface area (Å²) in [5, 5.41) is 0. The molecule has 4 saturated carbocycles. The van der Waals surface area contributed by atoms with Crippen molar-refractivity contribution >= 4 is 0 Å². The lowest BCUT2D eigenvalue weighted by molar-refractivity contribution is -0.149. The molecule has 5 atom stereocenters. The van der Waals surface area contributed by atoms with Crippen molar-refractivity contribution in [2.45, 2.75) is 91.9 Å². The Kier molecular flexibility index (Phi) is 2.63. The van der Waals surface area contributed by atoms with Gasteiger partial charge >= 0.3 is 0 Å². The fourth-order valence-electron chi connectivity index (χ4n) is 8.04. The molecule has 0 heterocycles. The van der Waals surface area contributed by atoms with Gasteiger partial charge in [0, 0.05) is 0 Å². The van der Waals surface area contributed by atoms with Crippen molar-refractivity contribution in [3.63, 3.8) is 0 Å². The highest BCUT2D eigenvalue weighted by Gasteiger charge is 2.64. The normalized spacial score (nSPS) is 57.0. The third-order valence-corrected chi connectivity index (χ3v) is 8.78. The average Bonchev–Trinajstić information content (AvgIpc) is 2.58. The molecule has 114 valence electrons. The minimum absolute atomic E-state index is 0.605. The molecule has 0 aromatic heterocycles. The molecular formula is C20H34. The van der Waals surface area contributed by atoms with E-state index in [9.17, 15) is 0 Å². The highest BCUT2D eigenvalue weighted by atomic mass is 14.7. The van der Waals surface area contributed by atoms with E-state index in [2.05, 4.69) is 27.7 Å². The van der Waals surface area contributed by atoms with Crippen LogP contribution in [0, 0.1) is 33.5 Å². The largest absolute Gasteiger partial charge is 0.0596 e. The fraction of sp³-hybridized carbons (Fsp3) is 1.00. The zero-order valence-corrected chi connectivity index (χ0v) is 14.2. The molecule has 1 spiro atoms. The van der Waals surface area contributed by atoms with Crippen molar-refractivity contribution in [2.24, 2.45) is 33.5 Å². The number of rotatable bonds is 0. The van der Waals surface area contributed by atoms with Gasteiger partial charge in [-0.25, -0.2) is 0 Å². The molecule has 0 N–H and O–H groups in total. The quantitative estimate of drug-likeness (QED) is 0.493. The zero-order chi connectivity index (χ0) is 14.2. The summed E-state index contributed by atoms with van der Waals surface area (Å²) in [5.41, 5.74) is 2.77. The van der Waals surface area contributed by atoms with Gasteiger partial charge < -0.3 is 0 Å². The maximum Gasteiger partial charge on any atom is -0.0258 e. The van der Waals surface area contributed by atoms with Crippen LogP contribution in [0.5, 0.6) is 0 Å². The van der Waals surface area contributed by atoms with Crippen LogP contribution in [-0.4, -0.2) is 0 Å². The van der Waals surface area contributed by atoms with E-state index in [0.717, 1.165) is 22.7 Å². The second-order valence-corrected chi connectivity index (χ2v) is 10.4. The lowest BCUT2D eigenvalue weighted by Gasteiger charge is -2.64. The molecule has 0 aliphatic heterocycles. The van der Waals surface area contributed by atoms with E-state index in [0.29, 0.717) is 10.8 Å². The molecule has 0 heteroatoms. The molecule has 4 fully saturated rings. The summed E-state index contributed by atoms with van der Waals surface area (Å²) in [6.45, 7) is 10.5. The van der Waals surface area contributed by atoms with Crippen LogP contribution in [0.1, 0.15) is 91.9 Å². The summed E-state index contributed by atoms with van der Waals surface area (Å²) in [7, 11) is 0. The molecule has 0 nitrogen and oxygen atoms in total. The van der Waals surface area contributed by atoms with Crippen LogP contribution in [0.4, 0.5) is 0 Å². The molecule has 0 aromatic carbocycles. The SMILES string of the molecule is CC1(C)CCC[C@@]2(C)[C@H]1CC[C@]13CC[C@](C)(CC[C@@H]12)C3. The topological polar surface area (TPSA) is 0 Å². The summed E-state index contributed by atoms with van der Waals surface area (Å²) >= 11 is 0. The first kappa shape index (κ1) is 13.6. The lowest BCUT2D eigenvalue weighted by Crippen LogP contribution is -2.56. The van der Waals surface area contributed by atoms with Gasteiger partial charge in [-0.1, -0.05) is 34.1 Å². The summed E-state index contributed by atoms with van der Waals surface area (Å²) in [4.78, 5) is 0. The van der Waals surface area contributed by atoms with Gasteiger partial charge in [0.1, 0.15) is 0 Å². The van der Waals surface area contributed by atoms with Crippen molar-refractivity contribution in [2.75, 3.05) is 0 Å². The van der Waals surface area contributed by atoms with Crippen molar-refractivity contribution in [1.82, 2.24) is 0 Å². The van der Waals surface area contributed by atoms with Crippen LogP contribution in [0.2, 0.25) is 0 Å². The molecule has 0 radical (unpaired) electrons. The van der Waals surface area contributed by atoms with Crippen molar-refractivity contribution in [3.8, 4) is 0 Å². The molecule has 4 aliphatic carbocycles. The highest BCUT2D eigenvalue weighted by Crippen LogP contribution is 2.73. The molecule has 4 aliphatic rings. The maximum atomic E-state index is 2.71. The van der Waals surface area contributed by atoms with E-state index in [1.807, 2.05) is 0 Å². The van der Waals surface area contributed by atoms with E-state index in [1.165, 1.54) is 38.5 Å². The Bertz CT molecular complexity index is 422. The Hall–Kier alpha value is 0. The van der Waals surface area contributed by atoms with Gasteiger partial charge in [0.25, 0.3) is 0 Å². The maximum absolute atomic E-state index is 2.71. The number of hydrogen-bond acceptors (Lipinski definition) is 0. The van der Waals surface area contributed by atoms with Crippen LogP contribution >= 0.6 is 0 Å². The monoisotopic (exact) mass is 274 g/mol. The van der Waals surface area contributed by atoms with Gasteiger partial charge in [0.15, 0.2) is 0 Å². The minimum Gasteiger partial charge on any atom is -0.0596 e. The first-order valence-electron chi connectivity index (χ1n) is 9.30. The smallest absolute Gasteiger partial charge is 0.0258 e. The zero-order valence-electron chi connectivity index (χ0n) is 14.2. The van der Waals surface area contributed by atoms with E-state index in [4.69, 9.17) is 0 Å². The summed E-state index contributed by atoms with van der Waals surface area (Å²) in [5.74, 6) is 2.06. The molecule has 4 rings (SSSR count). The van der Waals surface area contributed by atoms with Crippen molar-refractivity contribution in [3.05, 3.63) is 0 Å². The minimum atomic E-state index is 0.605. The summed E-state index contributed by atoms with van der Waals surface area (Å²) in [6, 6.07) is 0. The standard InChI is InChI=1S/C20H34/c1-17(2)8-5-9-19(4)15(17)7-11-20-13-12-18(3,14-20)10-6-16(19)20/h15-16H,5-14H2,1-4H3/t15-,16+,18-,19-,20+/m0/s1. The molecule has 0 saturated heterocycles. The molecule has 0 amide bonds. The Morgan fingerprint density at radius 2 is 1.45 bits per heavy atom. The van der Waals surface area contributed by atoms with Crippen LogP contribution in [0.3, 0.4) is 0 Å².